The van der Waals surface area contributed by atoms with Crippen LogP contribution in [0.5, 0.6) is 0 Å². The van der Waals surface area contributed by atoms with Crippen LogP contribution in [0.15, 0.2) is 48.7 Å². The van der Waals surface area contributed by atoms with Crippen molar-refractivity contribution in [1.82, 2.24) is 14.5 Å². The van der Waals surface area contributed by atoms with Gasteiger partial charge in [0.25, 0.3) is 0 Å². The highest BCUT2D eigenvalue weighted by Gasteiger charge is 2.09. The third-order valence-corrected chi connectivity index (χ3v) is 3.10. The number of aromatic nitrogens is 3. The van der Waals surface area contributed by atoms with E-state index in [2.05, 4.69) is 51.8 Å². The molecule has 0 aliphatic carbocycles. The molecule has 0 aliphatic heterocycles. The lowest BCUT2D eigenvalue weighted by atomic mass is 10.2. The molecule has 3 rings (SSSR count). The van der Waals surface area contributed by atoms with Crippen LogP contribution in [0.4, 0.5) is 0 Å². The summed E-state index contributed by atoms with van der Waals surface area (Å²) in [4.78, 5) is 8.90. The number of nitrogens with zero attached hydrogens (tertiary/aromatic N) is 3. The average Bonchev–Trinajstić information content (AvgIpc) is 2.78. The quantitative estimate of drug-likeness (QED) is 0.701. The van der Waals surface area contributed by atoms with Gasteiger partial charge in [0, 0.05) is 19.2 Å². The summed E-state index contributed by atoms with van der Waals surface area (Å²) in [7, 11) is 0. The fourth-order valence-corrected chi connectivity index (χ4v) is 2.22. The summed E-state index contributed by atoms with van der Waals surface area (Å²) in [6, 6.07) is 14.5. The highest BCUT2D eigenvalue weighted by molar-refractivity contribution is 5.71. The van der Waals surface area contributed by atoms with Crippen LogP contribution in [-0.2, 0) is 13.0 Å². The summed E-state index contributed by atoms with van der Waals surface area (Å²) in [5.74, 6) is 1.09. The fourth-order valence-electron chi connectivity index (χ4n) is 2.22. The number of rotatable bonds is 3. The number of imidazole rings is 1. The molecule has 1 aromatic carbocycles. The molecular weight excluding hydrogens is 222 g/mol. The zero-order valence-electron chi connectivity index (χ0n) is 10.4. The van der Waals surface area contributed by atoms with Gasteiger partial charge in [-0.2, -0.15) is 0 Å². The van der Waals surface area contributed by atoms with E-state index in [1.165, 1.54) is 5.56 Å². The topological polar surface area (TPSA) is 30.7 Å². The zero-order valence-corrected chi connectivity index (χ0v) is 10.4. The predicted molar refractivity (Wildman–Crippen MR) is 72.5 cm³/mol. The summed E-state index contributed by atoms with van der Waals surface area (Å²) >= 11 is 0. The van der Waals surface area contributed by atoms with Crippen molar-refractivity contribution in [2.24, 2.45) is 0 Å². The molecule has 2 heterocycles. The molecule has 0 amide bonds. The molecule has 0 atom stereocenters. The van der Waals surface area contributed by atoms with Crippen LogP contribution in [0.1, 0.15) is 18.3 Å². The van der Waals surface area contributed by atoms with Crippen molar-refractivity contribution in [2.45, 2.75) is 19.9 Å². The first kappa shape index (κ1) is 11.0. The second kappa shape index (κ2) is 4.61. The molecule has 0 spiro atoms. The zero-order chi connectivity index (χ0) is 12.4. The molecule has 0 fully saturated rings. The highest BCUT2D eigenvalue weighted by Crippen LogP contribution is 2.16. The van der Waals surface area contributed by atoms with E-state index in [9.17, 15) is 0 Å². The maximum Gasteiger partial charge on any atom is 0.177 e. The van der Waals surface area contributed by atoms with Gasteiger partial charge in [-0.15, -0.1) is 0 Å². The first-order valence-corrected chi connectivity index (χ1v) is 6.22. The summed E-state index contributed by atoms with van der Waals surface area (Å²) < 4.78 is 2.25. The SMILES string of the molecule is CCc1nc2ncccc2n1Cc1ccccc1. The van der Waals surface area contributed by atoms with Crippen LogP contribution in [0, 0.1) is 0 Å². The Balaban J connectivity index is 2.10. The molecule has 0 N–H and O–H groups in total. The minimum Gasteiger partial charge on any atom is -0.322 e. The standard InChI is InChI=1S/C15H15N3/c1-2-14-17-15-13(9-6-10-16-15)18(14)11-12-7-4-3-5-8-12/h3-10H,2,11H2,1H3. The lowest BCUT2D eigenvalue weighted by Gasteiger charge is -2.07. The molecule has 2 aromatic heterocycles. The van der Waals surface area contributed by atoms with Gasteiger partial charge in [0.1, 0.15) is 5.82 Å². The average molecular weight is 237 g/mol. The van der Waals surface area contributed by atoms with Gasteiger partial charge < -0.3 is 4.57 Å². The van der Waals surface area contributed by atoms with Gasteiger partial charge in [0.15, 0.2) is 5.65 Å². The molecule has 0 saturated heterocycles. The van der Waals surface area contributed by atoms with Crippen LogP contribution < -0.4 is 0 Å². The smallest absolute Gasteiger partial charge is 0.177 e. The van der Waals surface area contributed by atoms with Crippen LogP contribution in [0.2, 0.25) is 0 Å². The Bertz CT molecular complexity index is 656. The summed E-state index contributed by atoms with van der Waals surface area (Å²) in [5.41, 5.74) is 3.24. The normalized spacial score (nSPS) is 10.9. The van der Waals surface area contributed by atoms with E-state index in [1.54, 1.807) is 6.20 Å². The maximum atomic E-state index is 4.58. The Morgan fingerprint density at radius 2 is 1.89 bits per heavy atom. The van der Waals surface area contributed by atoms with Gasteiger partial charge >= 0.3 is 0 Å². The van der Waals surface area contributed by atoms with Gasteiger partial charge in [-0.25, -0.2) is 9.97 Å². The third-order valence-electron chi connectivity index (χ3n) is 3.10. The molecule has 3 aromatic rings. The number of benzene rings is 1. The minimum absolute atomic E-state index is 0.838. The van der Waals surface area contributed by atoms with Crippen LogP contribution >= 0.6 is 0 Å². The van der Waals surface area contributed by atoms with E-state index < -0.39 is 0 Å². The lowest BCUT2D eigenvalue weighted by molar-refractivity contribution is 0.753. The van der Waals surface area contributed by atoms with Crippen molar-refractivity contribution >= 4 is 11.2 Å². The molecule has 0 saturated carbocycles. The molecule has 3 nitrogen and oxygen atoms in total. The van der Waals surface area contributed by atoms with E-state index in [4.69, 9.17) is 0 Å². The molecule has 90 valence electrons. The Kier molecular flexibility index (Phi) is 2.81. The lowest BCUT2D eigenvalue weighted by Crippen LogP contribution is -2.04. The number of aryl methyl sites for hydroxylation is 1. The summed E-state index contributed by atoms with van der Waals surface area (Å²) in [6.45, 7) is 2.98. The van der Waals surface area contributed by atoms with Gasteiger partial charge in [-0.05, 0) is 17.7 Å². The van der Waals surface area contributed by atoms with E-state index in [-0.39, 0.29) is 0 Å². The van der Waals surface area contributed by atoms with E-state index >= 15 is 0 Å². The molecule has 0 radical (unpaired) electrons. The Hall–Kier alpha value is -2.16. The van der Waals surface area contributed by atoms with Gasteiger partial charge in [0.05, 0.1) is 5.52 Å². The van der Waals surface area contributed by atoms with Gasteiger partial charge in [-0.1, -0.05) is 37.3 Å². The van der Waals surface area contributed by atoms with Crippen molar-refractivity contribution in [3.8, 4) is 0 Å². The van der Waals surface area contributed by atoms with E-state index in [0.29, 0.717) is 0 Å². The second-order valence-electron chi connectivity index (χ2n) is 4.30. The molecule has 0 unspecified atom stereocenters. The number of pyridine rings is 1. The maximum absolute atomic E-state index is 4.58. The predicted octanol–water partition coefficient (Wildman–Crippen LogP) is 3.04. The summed E-state index contributed by atoms with van der Waals surface area (Å²) in [5, 5.41) is 0. The number of hydrogen-bond acceptors (Lipinski definition) is 2. The first-order chi connectivity index (χ1) is 8.88. The third kappa shape index (κ3) is 1.88. The first-order valence-electron chi connectivity index (χ1n) is 6.22. The fraction of sp³-hybridized carbons (Fsp3) is 0.200. The number of fused-ring (bicyclic) bond motifs is 1. The van der Waals surface area contributed by atoms with Crippen molar-refractivity contribution in [3.05, 3.63) is 60.0 Å². The van der Waals surface area contributed by atoms with Crippen molar-refractivity contribution in [3.63, 3.8) is 0 Å². The van der Waals surface area contributed by atoms with Crippen LogP contribution in [-0.4, -0.2) is 14.5 Å². The summed E-state index contributed by atoms with van der Waals surface area (Å²) in [6.07, 6.45) is 2.71. The highest BCUT2D eigenvalue weighted by atomic mass is 15.1. The van der Waals surface area contributed by atoms with Gasteiger partial charge in [0.2, 0.25) is 0 Å². The Morgan fingerprint density at radius 1 is 1.06 bits per heavy atom. The van der Waals surface area contributed by atoms with E-state index in [1.807, 2.05) is 12.1 Å². The second-order valence-corrected chi connectivity index (χ2v) is 4.30. The Morgan fingerprint density at radius 3 is 2.67 bits per heavy atom. The van der Waals surface area contributed by atoms with E-state index in [0.717, 1.165) is 30.0 Å². The molecule has 0 bridgehead atoms. The molecule has 18 heavy (non-hydrogen) atoms. The largest absolute Gasteiger partial charge is 0.322 e. The molecule has 3 heteroatoms. The van der Waals surface area contributed by atoms with Crippen molar-refractivity contribution in [2.75, 3.05) is 0 Å². The van der Waals surface area contributed by atoms with Gasteiger partial charge in [-0.3, -0.25) is 0 Å². The number of hydrogen-bond donors (Lipinski definition) is 0. The van der Waals surface area contributed by atoms with Crippen molar-refractivity contribution < 1.29 is 0 Å². The Labute approximate surface area is 106 Å². The van der Waals surface area contributed by atoms with Crippen molar-refractivity contribution in [1.29, 1.82) is 0 Å². The molecular formula is C15H15N3. The molecule has 0 aliphatic rings. The van der Waals surface area contributed by atoms with Crippen LogP contribution in [0.3, 0.4) is 0 Å². The van der Waals surface area contributed by atoms with Crippen LogP contribution in [0.25, 0.3) is 11.2 Å². The minimum atomic E-state index is 0.838. The monoisotopic (exact) mass is 237 g/mol.